The maximum atomic E-state index is 13.8. The number of benzene rings is 1. The smallest absolute Gasteiger partial charge is 0.254 e. The quantitative estimate of drug-likeness (QED) is 0.0488. The minimum absolute atomic E-state index is 0.0396. The van der Waals surface area contributed by atoms with E-state index in [1.165, 1.54) is 46.4 Å². The van der Waals surface area contributed by atoms with E-state index in [1.807, 2.05) is 51.0 Å². The number of unbranched alkanes of at least 4 members (excludes halogenated alkanes) is 5. The fourth-order valence-corrected chi connectivity index (χ4v) is 8.35. The number of fused-ring (bicyclic) bond motifs is 1. The third kappa shape index (κ3) is 21.1. The van der Waals surface area contributed by atoms with Crippen molar-refractivity contribution < 1.29 is 47.9 Å². The van der Waals surface area contributed by atoms with Crippen LogP contribution in [-0.4, -0.2) is 162 Å². The molecule has 0 unspecified atom stereocenters. The predicted molar refractivity (Wildman–Crippen MR) is 289 cm³/mol. The molecule has 2 heterocycles. The van der Waals surface area contributed by atoms with Crippen molar-refractivity contribution in [1.82, 2.24) is 62.6 Å². The van der Waals surface area contributed by atoms with Crippen molar-refractivity contribution in [2.75, 3.05) is 53.4 Å². The van der Waals surface area contributed by atoms with Gasteiger partial charge in [0, 0.05) is 49.7 Å². The van der Waals surface area contributed by atoms with E-state index in [9.17, 15) is 47.9 Å². The lowest BCUT2D eigenvalue weighted by Gasteiger charge is -2.33. The van der Waals surface area contributed by atoms with Gasteiger partial charge in [-0.1, -0.05) is 71.4 Å². The molecule has 22 nitrogen and oxygen atoms in total. The Morgan fingerprint density at radius 1 is 0.684 bits per heavy atom. The number of nitrogens with zero attached hydrogens (tertiary/aromatic N) is 3. The number of nitrogens with one attached hydrogen (secondary N) is 9. The van der Waals surface area contributed by atoms with Gasteiger partial charge in [-0.3, -0.25) is 52.9 Å². The second kappa shape index (κ2) is 30.1. The van der Waals surface area contributed by atoms with E-state index >= 15 is 0 Å². The Labute approximate surface area is 448 Å². The van der Waals surface area contributed by atoms with Gasteiger partial charge in [0.2, 0.25) is 53.2 Å². The normalized spacial score (nSPS) is 14.5. The van der Waals surface area contributed by atoms with Crippen LogP contribution < -0.4 is 47.9 Å². The van der Waals surface area contributed by atoms with Crippen LogP contribution in [0.15, 0.2) is 36.5 Å². The number of likely N-dealkylation sites (N-methyl/N-ethyl adjacent to an activating group) is 1. The summed E-state index contributed by atoms with van der Waals surface area (Å²) in [7, 11) is 3.76. The molecule has 1 saturated heterocycles. The Kier molecular flexibility index (Phi) is 25.2. The second-order valence-electron chi connectivity index (χ2n) is 21.9. The number of aromatic nitrogens is 1. The number of pyridine rings is 1. The molecule has 1 aromatic carbocycles. The van der Waals surface area contributed by atoms with Crippen LogP contribution in [0.1, 0.15) is 143 Å². The van der Waals surface area contributed by atoms with Gasteiger partial charge in [0.1, 0.15) is 34.7 Å². The van der Waals surface area contributed by atoms with Crippen molar-refractivity contribution >= 4 is 70.0 Å². The molecule has 0 radical (unpaired) electrons. The van der Waals surface area contributed by atoms with Gasteiger partial charge >= 0.3 is 0 Å². The largest absolute Gasteiger partial charge is 0.355 e. The van der Waals surface area contributed by atoms with Crippen molar-refractivity contribution in [3.05, 3.63) is 42.1 Å². The SMILES string of the molecule is CCCCCCCC[C@H](NC(=O)[C@@H]1CCCN1C(=O)c1ccc2cccnc2c1)C(=O)NCC(=O)NC(C)(C)C(=O)NCC(=O)N[C@@H](CC(C)C)C(=O)NC(C)(C)C(=O)NC(C)(C)C(=O)NCCC(=O)NCCN(C)C. The van der Waals surface area contributed by atoms with Crippen molar-refractivity contribution in [3.8, 4) is 0 Å². The summed E-state index contributed by atoms with van der Waals surface area (Å²) < 4.78 is 0. The predicted octanol–water partition coefficient (Wildman–Crippen LogP) is 1.71. The van der Waals surface area contributed by atoms with E-state index < -0.39 is 95.1 Å². The Balaban J connectivity index is 1.55. The molecule has 1 aliphatic rings. The Bertz CT molecular complexity index is 2350. The Morgan fingerprint density at radius 2 is 1.33 bits per heavy atom. The summed E-state index contributed by atoms with van der Waals surface area (Å²) in [6, 6.07) is 5.98. The highest BCUT2D eigenvalue weighted by Crippen LogP contribution is 2.23. The van der Waals surface area contributed by atoms with Gasteiger partial charge in [-0.15, -0.1) is 0 Å². The minimum Gasteiger partial charge on any atom is -0.355 e. The van der Waals surface area contributed by atoms with Crippen LogP contribution in [0.2, 0.25) is 0 Å². The van der Waals surface area contributed by atoms with Crippen LogP contribution in [0.3, 0.4) is 0 Å². The number of carbonyl (C=O) groups is 10. The second-order valence-corrected chi connectivity index (χ2v) is 21.9. The molecule has 3 rings (SSSR count). The fourth-order valence-electron chi connectivity index (χ4n) is 8.35. The van der Waals surface area contributed by atoms with E-state index in [4.69, 9.17) is 0 Å². The van der Waals surface area contributed by atoms with Gasteiger partial charge < -0.3 is 57.7 Å². The molecule has 0 spiro atoms. The summed E-state index contributed by atoms with van der Waals surface area (Å²) in [6.45, 7) is 14.9. The summed E-state index contributed by atoms with van der Waals surface area (Å²) in [5.41, 5.74) is -3.51. The molecule has 10 amide bonds. The number of carbonyl (C=O) groups excluding carboxylic acids is 10. The lowest BCUT2D eigenvalue weighted by molar-refractivity contribution is -0.138. The van der Waals surface area contributed by atoms with Crippen LogP contribution in [0.5, 0.6) is 0 Å². The molecule has 422 valence electrons. The summed E-state index contributed by atoms with van der Waals surface area (Å²) >= 11 is 0. The molecule has 3 atom stereocenters. The van der Waals surface area contributed by atoms with Crippen LogP contribution in [0.25, 0.3) is 10.9 Å². The lowest BCUT2D eigenvalue weighted by Crippen LogP contribution is -2.64. The van der Waals surface area contributed by atoms with Gasteiger partial charge in [-0.25, -0.2) is 0 Å². The molecule has 9 N–H and O–H groups in total. The maximum Gasteiger partial charge on any atom is 0.254 e. The number of hydrogen-bond donors (Lipinski definition) is 9. The topological polar surface area (TPSA) is 298 Å². The van der Waals surface area contributed by atoms with Crippen LogP contribution in [-0.2, 0) is 43.2 Å². The molecule has 76 heavy (non-hydrogen) atoms. The van der Waals surface area contributed by atoms with E-state index in [-0.39, 0.29) is 37.1 Å². The summed E-state index contributed by atoms with van der Waals surface area (Å²) in [6.07, 6.45) is 8.78. The Hall–Kier alpha value is -6.71. The highest BCUT2D eigenvalue weighted by Gasteiger charge is 2.39. The van der Waals surface area contributed by atoms with Gasteiger partial charge in [0.05, 0.1) is 18.6 Å². The molecule has 1 fully saturated rings. The molecule has 0 bridgehead atoms. The van der Waals surface area contributed by atoms with E-state index in [0.29, 0.717) is 56.4 Å². The van der Waals surface area contributed by atoms with Crippen molar-refractivity contribution in [2.45, 2.75) is 168 Å². The number of hydrogen-bond acceptors (Lipinski definition) is 12. The molecule has 1 aromatic heterocycles. The minimum atomic E-state index is -1.58. The lowest BCUT2D eigenvalue weighted by atomic mass is 9.97. The number of rotatable bonds is 31. The van der Waals surface area contributed by atoms with E-state index in [2.05, 4.69) is 59.8 Å². The third-order valence-electron chi connectivity index (χ3n) is 12.9. The molecule has 2 aromatic rings. The average molecular weight is 1060 g/mol. The van der Waals surface area contributed by atoms with Crippen LogP contribution in [0, 0.1) is 5.92 Å². The molecule has 0 aliphatic carbocycles. The van der Waals surface area contributed by atoms with Gasteiger partial charge in [-0.2, -0.15) is 0 Å². The first kappa shape index (κ1) is 63.6. The number of amides is 10. The van der Waals surface area contributed by atoms with Crippen molar-refractivity contribution in [1.29, 1.82) is 0 Å². The zero-order valence-electron chi connectivity index (χ0n) is 46.7. The van der Waals surface area contributed by atoms with Gasteiger partial charge in [0.25, 0.3) is 5.91 Å². The first-order chi connectivity index (χ1) is 35.7. The summed E-state index contributed by atoms with van der Waals surface area (Å²) in [5, 5.41) is 24.7. The van der Waals surface area contributed by atoms with E-state index in [0.717, 1.165) is 37.5 Å². The first-order valence-electron chi connectivity index (χ1n) is 26.6. The molecule has 22 heteroatoms. The summed E-state index contributed by atoms with van der Waals surface area (Å²) in [5.74, 6) is -5.85. The zero-order chi connectivity index (χ0) is 56.8. The average Bonchev–Trinajstić information content (AvgIpc) is 3.84. The van der Waals surface area contributed by atoms with Crippen LogP contribution >= 0.6 is 0 Å². The molecular formula is C54H86N12O10. The van der Waals surface area contributed by atoms with Crippen molar-refractivity contribution in [2.24, 2.45) is 5.92 Å². The van der Waals surface area contributed by atoms with Gasteiger partial charge in [0.15, 0.2) is 0 Å². The molecule has 0 saturated carbocycles. The third-order valence-corrected chi connectivity index (χ3v) is 12.9. The van der Waals surface area contributed by atoms with Crippen molar-refractivity contribution in [3.63, 3.8) is 0 Å². The summed E-state index contributed by atoms with van der Waals surface area (Å²) in [4.78, 5) is 141. The highest BCUT2D eigenvalue weighted by atomic mass is 16.2. The molecular weight excluding hydrogens is 977 g/mol. The Morgan fingerprint density at radius 3 is 2.01 bits per heavy atom. The first-order valence-corrected chi connectivity index (χ1v) is 26.6. The monoisotopic (exact) mass is 1060 g/mol. The maximum absolute atomic E-state index is 13.8. The number of likely N-dealkylation sites (tertiary alicyclic amines) is 1. The fraction of sp³-hybridized carbons (Fsp3) is 0.648. The molecule has 1 aliphatic heterocycles. The highest BCUT2D eigenvalue weighted by molar-refractivity contribution is 6.02. The van der Waals surface area contributed by atoms with E-state index in [1.54, 1.807) is 18.3 Å². The van der Waals surface area contributed by atoms with Crippen LogP contribution in [0.4, 0.5) is 0 Å². The van der Waals surface area contributed by atoms with Gasteiger partial charge in [-0.05, 0) is 105 Å². The standard InChI is InChI=1S/C54H86N12O10/c1-12-13-14-15-16-17-21-38(61-47(72)41-22-19-29-66(41)48(73)37-24-23-36-20-18-26-55-39(36)32-37)45(70)58-34-44(69)62-52(4,5)50(75)59-33-43(68)60-40(31-35(2)3)46(71)63-54(8,9)51(76)64-53(6,7)49(74)57-27-25-42(67)56-28-30-65(10)11/h18,20,23-24,26,32,35,38,40-41H,12-17,19,21-22,25,27-31,33-34H2,1-11H3,(H,56,67)(H,57,74)(H,58,70)(H,59,75)(H,60,68)(H,61,72)(H,62,69)(H,63,71)(H,64,76)/t38-,40-,41-/m0/s1. The zero-order valence-corrected chi connectivity index (χ0v) is 46.7.